The first kappa shape index (κ1) is 14.8. The Labute approximate surface area is 126 Å². The molecule has 116 valence electrons. The van der Waals surface area contributed by atoms with Crippen LogP contribution < -0.4 is 10.1 Å². The largest absolute Gasteiger partial charge is 0.497 e. The molecule has 3 rings (SSSR count). The Morgan fingerprint density at radius 3 is 2.86 bits per heavy atom. The van der Waals surface area contributed by atoms with Gasteiger partial charge >= 0.3 is 0 Å². The molecule has 0 saturated carbocycles. The lowest BCUT2D eigenvalue weighted by atomic mass is 10.1. The van der Waals surface area contributed by atoms with Crippen molar-refractivity contribution < 1.29 is 13.2 Å². The van der Waals surface area contributed by atoms with Gasteiger partial charge in [-0.05, 0) is 44.4 Å². The van der Waals surface area contributed by atoms with Gasteiger partial charge in [-0.25, -0.2) is 8.42 Å². The Kier molecular flexibility index (Phi) is 4.19. The molecule has 0 aliphatic carbocycles. The predicted molar refractivity (Wildman–Crippen MR) is 80.9 cm³/mol. The molecule has 2 unspecified atom stereocenters. The van der Waals surface area contributed by atoms with Gasteiger partial charge in [-0.3, -0.25) is 0 Å². The van der Waals surface area contributed by atoms with Crippen molar-refractivity contribution >= 4 is 10.0 Å². The summed E-state index contributed by atoms with van der Waals surface area (Å²) < 4.78 is 32.7. The summed E-state index contributed by atoms with van der Waals surface area (Å²) in [5.74, 6) is 0.575. The summed E-state index contributed by atoms with van der Waals surface area (Å²) in [6, 6.07) is 7.13. The third-order valence-corrected chi connectivity index (χ3v) is 6.38. The molecule has 1 aromatic rings. The average Bonchev–Trinajstić information content (AvgIpc) is 3.17. The first-order valence-corrected chi connectivity index (χ1v) is 8.96. The smallest absolute Gasteiger partial charge is 0.243 e. The van der Waals surface area contributed by atoms with Gasteiger partial charge in [0.05, 0.1) is 12.0 Å². The van der Waals surface area contributed by atoms with E-state index in [0.29, 0.717) is 23.2 Å². The summed E-state index contributed by atoms with van der Waals surface area (Å²) in [6.07, 6.45) is 4.08. The molecular formula is C15H22N2O3S. The van der Waals surface area contributed by atoms with Crippen LogP contribution in [0.1, 0.15) is 25.7 Å². The standard InChI is InChI=1S/C15H22N2O3S/c1-20-12-5-2-6-13(11-12)21(18,19)17-10-4-8-15(17)14-7-3-9-16-14/h2,5-6,11,14-16H,3-4,7-10H2,1H3. The minimum absolute atomic E-state index is 0.0868. The number of hydrogen-bond acceptors (Lipinski definition) is 4. The summed E-state index contributed by atoms with van der Waals surface area (Å²) in [5.41, 5.74) is 0. The van der Waals surface area contributed by atoms with E-state index in [9.17, 15) is 8.42 Å². The fourth-order valence-corrected chi connectivity index (χ4v) is 5.17. The van der Waals surface area contributed by atoms with Crippen LogP contribution in [-0.4, -0.2) is 45.0 Å². The lowest BCUT2D eigenvalue weighted by Crippen LogP contribution is -2.46. The fourth-order valence-electron chi connectivity index (χ4n) is 3.40. The van der Waals surface area contributed by atoms with Gasteiger partial charge in [0.25, 0.3) is 0 Å². The molecule has 0 spiro atoms. The van der Waals surface area contributed by atoms with Crippen LogP contribution in [0, 0.1) is 0 Å². The van der Waals surface area contributed by atoms with Crippen LogP contribution in [0.5, 0.6) is 5.75 Å². The Morgan fingerprint density at radius 2 is 2.14 bits per heavy atom. The second-order valence-corrected chi connectivity index (χ2v) is 7.60. The van der Waals surface area contributed by atoms with Crippen LogP contribution in [0.2, 0.25) is 0 Å². The maximum absolute atomic E-state index is 12.9. The summed E-state index contributed by atoms with van der Waals surface area (Å²) in [6.45, 7) is 1.61. The topological polar surface area (TPSA) is 58.6 Å². The summed E-state index contributed by atoms with van der Waals surface area (Å²) in [7, 11) is -1.90. The highest BCUT2D eigenvalue weighted by Gasteiger charge is 2.40. The number of hydrogen-bond donors (Lipinski definition) is 1. The van der Waals surface area contributed by atoms with Gasteiger partial charge in [-0.1, -0.05) is 6.07 Å². The van der Waals surface area contributed by atoms with Crippen LogP contribution in [0.15, 0.2) is 29.2 Å². The summed E-state index contributed by atoms with van der Waals surface area (Å²) in [5, 5.41) is 3.44. The van der Waals surface area contributed by atoms with Crippen molar-refractivity contribution in [1.82, 2.24) is 9.62 Å². The van der Waals surface area contributed by atoms with Gasteiger partial charge < -0.3 is 10.1 Å². The number of nitrogens with zero attached hydrogens (tertiary/aromatic N) is 1. The quantitative estimate of drug-likeness (QED) is 0.918. The minimum atomic E-state index is -3.44. The van der Waals surface area contributed by atoms with Gasteiger partial charge in [-0.15, -0.1) is 0 Å². The van der Waals surface area contributed by atoms with E-state index in [4.69, 9.17) is 4.74 Å². The first-order valence-electron chi connectivity index (χ1n) is 7.52. The number of rotatable bonds is 4. The van der Waals surface area contributed by atoms with Crippen molar-refractivity contribution in [2.75, 3.05) is 20.2 Å². The van der Waals surface area contributed by atoms with E-state index >= 15 is 0 Å². The molecule has 1 N–H and O–H groups in total. The van der Waals surface area contributed by atoms with E-state index in [2.05, 4.69) is 5.32 Å². The van der Waals surface area contributed by atoms with E-state index in [-0.39, 0.29) is 6.04 Å². The number of nitrogens with one attached hydrogen (secondary N) is 1. The molecule has 5 nitrogen and oxygen atoms in total. The fraction of sp³-hybridized carbons (Fsp3) is 0.600. The first-order chi connectivity index (χ1) is 10.1. The van der Waals surface area contributed by atoms with E-state index in [0.717, 1.165) is 32.2 Å². The van der Waals surface area contributed by atoms with Crippen molar-refractivity contribution in [1.29, 1.82) is 0 Å². The van der Waals surface area contributed by atoms with E-state index in [1.54, 1.807) is 35.7 Å². The zero-order valence-electron chi connectivity index (χ0n) is 12.3. The molecule has 0 amide bonds. The van der Waals surface area contributed by atoms with Gasteiger partial charge in [-0.2, -0.15) is 4.31 Å². The van der Waals surface area contributed by atoms with Crippen LogP contribution in [0.3, 0.4) is 0 Å². The van der Waals surface area contributed by atoms with Crippen molar-refractivity contribution in [2.24, 2.45) is 0 Å². The van der Waals surface area contributed by atoms with Crippen molar-refractivity contribution in [3.8, 4) is 5.75 Å². The molecule has 0 bridgehead atoms. The van der Waals surface area contributed by atoms with Gasteiger partial charge in [0.15, 0.2) is 0 Å². The Morgan fingerprint density at radius 1 is 1.29 bits per heavy atom. The summed E-state index contributed by atoms with van der Waals surface area (Å²) in [4.78, 5) is 0.326. The molecule has 2 aliphatic rings. The van der Waals surface area contributed by atoms with Crippen LogP contribution in [-0.2, 0) is 10.0 Å². The third kappa shape index (κ3) is 2.80. The molecule has 6 heteroatoms. The van der Waals surface area contributed by atoms with Crippen molar-refractivity contribution in [3.05, 3.63) is 24.3 Å². The number of ether oxygens (including phenoxy) is 1. The maximum Gasteiger partial charge on any atom is 0.243 e. The molecule has 2 atom stereocenters. The zero-order valence-corrected chi connectivity index (χ0v) is 13.1. The van der Waals surface area contributed by atoms with Crippen LogP contribution in [0.25, 0.3) is 0 Å². The number of sulfonamides is 1. The van der Waals surface area contributed by atoms with Gasteiger partial charge in [0, 0.05) is 24.7 Å². The Balaban J connectivity index is 1.89. The van der Waals surface area contributed by atoms with Gasteiger partial charge in [0.2, 0.25) is 10.0 Å². The lowest BCUT2D eigenvalue weighted by molar-refractivity contribution is 0.321. The Bertz CT molecular complexity index is 597. The van der Waals surface area contributed by atoms with Crippen molar-refractivity contribution in [3.63, 3.8) is 0 Å². The Hall–Kier alpha value is -1.11. The van der Waals surface area contributed by atoms with E-state index in [1.807, 2.05) is 0 Å². The molecule has 0 radical (unpaired) electrons. The predicted octanol–water partition coefficient (Wildman–Crippen LogP) is 1.60. The average molecular weight is 310 g/mol. The maximum atomic E-state index is 12.9. The van der Waals surface area contributed by atoms with E-state index in [1.165, 1.54) is 0 Å². The SMILES string of the molecule is COc1cccc(S(=O)(=O)N2CCCC2C2CCCN2)c1. The minimum Gasteiger partial charge on any atom is -0.497 e. The molecule has 1 aromatic carbocycles. The number of benzene rings is 1. The highest BCUT2D eigenvalue weighted by molar-refractivity contribution is 7.89. The van der Waals surface area contributed by atoms with Crippen molar-refractivity contribution in [2.45, 2.75) is 42.7 Å². The molecule has 2 fully saturated rings. The van der Waals surface area contributed by atoms with Gasteiger partial charge in [0.1, 0.15) is 5.75 Å². The molecule has 2 aliphatic heterocycles. The number of methoxy groups -OCH3 is 1. The molecule has 0 aromatic heterocycles. The second-order valence-electron chi connectivity index (χ2n) is 5.71. The lowest BCUT2D eigenvalue weighted by Gasteiger charge is -2.28. The van der Waals surface area contributed by atoms with E-state index < -0.39 is 10.0 Å². The highest BCUT2D eigenvalue weighted by Crippen LogP contribution is 2.31. The molecule has 2 heterocycles. The zero-order chi connectivity index (χ0) is 14.9. The summed E-state index contributed by atoms with van der Waals surface area (Å²) >= 11 is 0. The van der Waals surface area contributed by atoms with Crippen LogP contribution >= 0.6 is 0 Å². The molecule has 2 saturated heterocycles. The normalized spacial score (nSPS) is 27.1. The van der Waals surface area contributed by atoms with Crippen LogP contribution in [0.4, 0.5) is 0 Å². The monoisotopic (exact) mass is 310 g/mol. The molecule has 21 heavy (non-hydrogen) atoms. The second kappa shape index (κ2) is 5.94. The molecular weight excluding hydrogens is 288 g/mol. The third-order valence-electron chi connectivity index (χ3n) is 4.46. The highest BCUT2D eigenvalue weighted by atomic mass is 32.2.